The molecule has 7 atom stereocenters. The summed E-state index contributed by atoms with van der Waals surface area (Å²) in [6, 6.07) is 0. The van der Waals surface area contributed by atoms with Crippen molar-refractivity contribution < 1.29 is 5.11 Å². The van der Waals surface area contributed by atoms with E-state index in [2.05, 4.69) is 46.8 Å². The zero-order chi connectivity index (χ0) is 20.1. The highest BCUT2D eigenvalue weighted by Gasteiger charge is 2.54. The van der Waals surface area contributed by atoms with E-state index in [9.17, 15) is 5.11 Å². The summed E-state index contributed by atoms with van der Waals surface area (Å²) in [7, 11) is 0. The zero-order valence-electron chi connectivity index (χ0n) is 19.1. The minimum atomic E-state index is -0.0756. The number of hydrogen-bond donors (Lipinski definition) is 1. The lowest BCUT2D eigenvalue weighted by Gasteiger charge is -2.54. The van der Waals surface area contributed by atoms with Gasteiger partial charge in [-0.15, -0.1) is 0 Å². The van der Waals surface area contributed by atoms with Gasteiger partial charge in [0.05, 0.1) is 6.10 Å². The molecule has 0 aliphatic heterocycles. The predicted octanol–water partition coefficient (Wildman–Crippen LogP) is 7.31. The molecule has 2 fully saturated rings. The highest BCUT2D eigenvalue weighted by Crippen LogP contribution is 2.64. The third kappa shape index (κ3) is 3.34. The molecule has 158 valence electrons. The highest BCUT2D eigenvalue weighted by atomic mass is 16.3. The Morgan fingerprint density at radius 1 is 1.07 bits per heavy atom. The van der Waals surface area contributed by atoms with E-state index in [0.29, 0.717) is 16.7 Å². The summed E-state index contributed by atoms with van der Waals surface area (Å²) in [5.41, 5.74) is 4.41. The Labute approximate surface area is 174 Å². The molecule has 1 N–H and O–H groups in total. The van der Waals surface area contributed by atoms with Gasteiger partial charge >= 0.3 is 0 Å². The minimum absolute atomic E-state index is 0.0756. The monoisotopic (exact) mass is 384 g/mol. The number of allylic oxidation sites excluding steroid dienone is 4. The van der Waals surface area contributed by atoms with Crippen LogP contribution in [0.25, 0.3) is 0 Å². The third-order valence-corrected chi connectivity index (χ3v) is 9.71. The molecule has 0 aromatic rings. The standard InChI is InChI=1S/C27H44O/c1-18(2)7-6-8-19(3)23-11-12-24-22-10-9-20-17-21(28)13-15-26(20,4)25(22)14-16-27(23,24)5/h9-10,18-21,23,25,28H,6-8,11-17H2,1-5H3/t19-,20+,21+,23-,25+,26+,27-/m1/s1. The predicted molar refractivity (Wildman–Crippen MR) is 119 cm³/mol. The van der Waals surface area contributed by atoms with Crippen LogP contribution in [-0.2, 0) is 0 Å². The molecule has 4 aliphatic carbocycles. The van der Waals surface area contributed by atoms with Crippen molar-refractivity contribution in [2.75, 3.05) is 0 Å². The van der Waals surface area contributed by atoms with E-state index in [4.69, 9.17) is 0 Å². The van der Waals surface area contributed by atoms with Crippen LogP contribution < -0.4 is 0 Å². The van der Waals surface area contributed by atoms with Gasteiger partial charge in [-0.05, 0) is 90.9 Å². The summed E-state index contributed by atoms with van der Waals surface area (Å²) in [5, 5.41) is 10.2. The Hall–Kier alpha value is -0.560. The van der Waals surface area contributed by atoms with Crippen molar-refractivity contribution in [3.05, 3.63) is 23.3 Å². The van der Waals surface area contributed by atoms with Crippen molar-refractivity contribution in [3.8, 4) is 0 Å². The van der Waals surface area contributed by atoms with Gasteiger partial charge in [0.2, 0.25) is 0 Å². The summed E-state index contributed by atoms with van der Waals surface area (Å²) in [4.78, 5) is 0. The van der Waals surface area contributed by atoms with E-state index >= 15 is 0 Å². The lowest BCUT2D eigenvalue weighted by molar-refractivity contribution is -0.00325. The molecule has 28 heavy (non-hydrogen) atoms. The molecule has 0 heterocycles. The van der Waals surface area contributed by atoms with Gasteiger partial charge in [0, 0.05) is 0 Å². The molecule has 0 amide bonds. The third-order valence-electron chi connectivity index (χ3n) is 9.71. The summed E-state index contributed by atoms with van der Waals surface area (Å²) < 4.78 is 0. The van der Waals surface area contributed by atoms with Crippen molar-refractivity contribution in [1.82, 2.24) is 0 Å². The molecule has 0 saturated heterocycles. The number of aliphatic hydroxyl groups excluding tert-OH is 1. The highest BCUT2D eigenvalue weighted by molar-refractivity contribution is 5.42. The van der Waals surface area contributed by atoms with Crippen LogP contribution in [0.1, 0.15) is 98.8 Å². The Kier molecular flexibility index (Phi) is 5.62. The van der Waals surface area contributed by atoms with Gasteiger partial charge in [-0.25, -0.2) is 0 Å². The normalized spacial score (nSPS) is 43.7. The number of aliphatic hydroxyl groups is 1. The van der Waals surface area contributed by atoms with Gasteiger partial charge in [-0.1, -0.05) is 71.6 Å². The molecule has 4 aliphatic rings. The molecule has 0 unspecified atom stereocenters. The SMILES string of the molecule is CC(C)CCC[C@@H](C)[C@H]1CCC2=C3C=C[C@H]4C[C@@H](O)CC[C@]4(C)[C@H]3CC[C@@]21C. The topological polar surface area (TPSA) is 20.2 Å². The molecule has 0 radical (unpaired) electrons. The second kappa shape index (κ2) is 7.60. The van der Waals surface area contributed by atoms with Crippen LogP contribution in [0.5, 0.6) is 0 Å². The van der Waals surface area contributed by atoms with E-state index in [1.54, 1.807) is 5.57 Å². The Morgan fingerprint density at radius 3 is 2.61 bits per heavy atom. The average molecular weight is 385 g/mol. The maximum Gasteiger partial charge on any atom is 0.0546 e. The van der Waals surface area contributed by atoms with Crippen LogP contribution in [0.2, 0.25) is 0 Å². The largest absolute Gasteiger partial charge is 0.393 e. The zero-order valence-corrected chi connectivity index (χ0v) is 19.1. The van der Waals surface area contributed by atoms with Crippen molar-refractivity contribution in [2.24, 2.45) is 40.4 Å². The molecule has 0 bridgehead atoms. The first-order chi connectivity index (χ1) is 13.3. The smallest absolute Gasteiger partial charge is 0.0546 e. The van der Waals surface area contributed by atoms with Crippen molar-refractivity contribution >= 4 is 0 Å². The second-order valence-corrected chi connectivity index (χ2v) is 11.8. The van der Waals surface area contributed by atoms with Crippen LogP contribution in [0.3, 0.4) is 0 Å². The number of hydrogen-bond acceptors (Lipinski definition) is 1. The summed E-state index contributed by atoms with van der Waals surface area (Å²) in [6.07, 6.45) is 17.9. The summed E-state index contributed by atoms with van der Waals surface area (Å²) in [6.45, 7) is 12.4. The molecule has 0 aromatic heterocycles. The lowest BCUT2D eigenvalue weighted by atomic mass is 9.50. The van der Waals surface area contributed by atoms with E-state index < -0.39 is 0 Å². The van der Waals surface area contributed by atoms with Crippen LogP contribution in [-0.4, -0.2) is 11.2 Å². The fraction of sp³-hybridized carbons (Fsp3) is 0.852. The van der Waals surface area contributed by atoms with Crippen molar-refractivity contribution in [3.63, 3.8) is 0 Å². The first-order valence-corrected chi connectivity index (χ1v) is 12.4. The Morgan fingerprint density at radius 2 is 1.86 bits per heavy atom. The number of fused-ring (bicyclic) bond motifs is 4. The summed E-state index contributed by atoms with van der Waals surface area (Å²) >= 11 is 0. The molecule has 2 saturated carbocycles. The lowest BCUT2D eigenvalue weighted by Crippen LogP contribution is -2.46. The van der Waals surface area contributed by atoms with Gasteiger partial charge in [0.1, 0.15) is 0 Å². The maximum atomic E-state index is 10.2. The Bertz CT molecular complexity index is 643. The van der Waals surface area contributed by atoms with E-state index in [1.807, 2.05) is 5.57 Å². The van der Waals surface area contributed by atoms with Crippen LogP contribution in [0.4, 0.5) is 0 Å². The van der Waals surface area contributed by atoms with Crippen molar-refractivity contribution in [1.29, 1.82) is 0 Å². The average Bonchev–Trinajstić information content (AvgIpc) is 2.99. The van der Waals surface area contributed by atoms with Gasteiger partial charge in [-0.3, -0.25) is 0 Å². The molecule has 0 spiro atoms. The van der Waals surface area contributed by atoms with Gasteiger partial charge in [-0.2, -0.15) is 0 Å². The molecule has 1 heteroatoms. The number of rotatable bonds is 5. The van der Waals surface area contributed by atoms with E-state index in [1.165, 1.54) is 51.4 Å². The fourth-order valence-corrected chi connectivity index (χ4v) is 7.91. The van der Waals surface area contributed by atoms with Crippen LogP contribution in [0.15, 0.2) is 23.3 Å². The Balaban J connectivity index is 1.57. The molecular weight excluding hydrogens is 340 g/mol. The molecular formula is C27H44O. The van der Waals surface area contributed by atoms with E-state index in [0.717, 1.165) is 36.5 Å². The first-order valence-electron chi connectivity index (χ1n) is 12.4. The molecule has 0 aromatic carbocycles. The van der Waals surface area contributed by atoms with Gasteiger partial charge in [0.15, 0.2) is 0 Å². The van der Waals surface area contributed by atoms with Crippen molar-refractivity contribution in [2.45, 2.75) is 105 Å². The molecule has 4 rings (SSSR count). The molecule has 1 nitrogen and oxygen atoms in total. The first kappa shape index (κ1) is 20.7. The second-order valence-electron chi connectivity index (χ2n) is 11.8. The van der Waals surface area contributed by atoms with Gasteiger partial charge < -0.3 is 5.11 Å². The van der Waals surface area contributed by atoms with Gasteiger partial charge in [0.25, 0.3) is 0 Å². The summed E-state index contributed by atoms with van der Waals surface area (Å²) in [5.74, 6) is 3.92. The maximum absolute atomic E-state index is 10.2. The quantitative estimate of drug-likeness (QED) is 0.527. The van der Waals surface area contributed by atoms with Crippen LogP contribution >= 0.6 is 0 Å². The minimum Gasteiger partial charge on any atom is -0.393 e. The van der Waals surface area contributed by atoms with Crippen LogP contribution in [0, 0.1) is 40.4 Å². The van der Waals surface area contributed by atoms with E-state index in [-0.39, 0.29) is 6.10 Å². The fourth-order valence-electron chi connectivity index (χ4n) is 7.91.